The van der Waals surface area contributed by atoms with E-state index < -0.39 is 0 Å². The van der Waals surface area contributed by atoms with Gasteiger partial charge in [-0.05, 0) is 55.0 Å². The lowest BCUT2D eigenvalue weighted by Crippen LogP contribution is -2.11. The fourth-order valence-corrected chi connectivity index (χ4v) is 2.93. The van der Waals surface area contributed by atoms with Crippen molar-refractivity contribution in [3.05, 3.63) is 83.9 Å². The molecule has 0 bridgehead atoms. The van der Waals surface area contributed by atoms with Gasteiger partial charge in [0.2, 0.25) is 11.8 Å². The van der Waals surface area contributed by atoms with Gasteiger partial charge in [0.05, 0.1) is 7.11 Å². The fourth-order valence-electron chi connectivity index (χ4n) is 2.93. The van der Waals surface area contributed by atoms with E-state index in [1.807, 2.05) is 43.3 Å². The van der Waals surface area contributed by atoms with Crippen LogP contribution in [0.4, 0.5) is 5.69 Å². The second-order valence-electron chi connectivity index (χ2n) is 6.49. The molecule has 144 valence electrons. The zero-order valence-corrected chi connectivity index (χ0v) is 16.0. The maximum Gasteiger partial charge on any atom is 0.255 e. The van der Waals surface area contributed by atoms with Gasteiger partial charge in [-0.1, -0.05) is 24.3 Å². The predicted octanol–water partition coefficient (Wildman–Crippen LogP) is 4.97. The number of aromatic nitrogens is 2. The van der Waals surface area contributed by atoms with Gasteiger partial charge in [0.1, 0.15) is 5.75 Å². The molecule has 1 heterocycles. The van der Waals surface area contributed by atoms with Gasteiger partial charge in [-0.2, -0.15) is 0 Å². The Hall–Kier alpha value is -3.93. The van der Waals surface area contributed by atoms with Crippen LogP contribution < -0.4 is 10.1 Å². The number of hydrogen-bond acceptors (Lipinski definition) is 5. The van der Waals surface area contributed by atoms with Gasteiger partial charge in [0.15, 0.2) is 0 Å². The molecular formula is C23H19N3O3. The minimum atomic E-state index is -0.212. The second-order valence-corrected chi connectivity index (χ2v) is 6.49. The largest absolute Gasteiger partial charge is 0.497 e. The molecular weight excluding hydrogens is 366 g/mol. The normalized spacial score (nSPS) is 10.6. The quantitative estimate of drug-likeness (QED) is 0.525. The molecule has 4 rings (SSSR count). The standard InChI is InChI=1S/C23H19N3O3/c1-15-6-3-4-9-20(15)23-26-25-22(29-23)17-12-10-16(11-13-17)21(27)24-18-7-5-8-19(14-18)28-2/h3-14H,1-2H3,(H,24,27). The van der Waals surface area contributed by atoms with Crippen molar-refractivity contribution in [1.29, 1.82) is 0 Å². The van der Waals surface area contributed by atoms with E-state index in [4.69, 9.17) is 9.15 Å². The van der Waals surface area contributed by atoms with Crippen LogP contribution in [0.5, 0.6) is 5.75 Å². The molecule has 1 aromatic heterocycles. The molecule has 29 heavy (non-hydrogen) atoms. The van der Waals surface area contributed by atoms with Gasteiger partial charge in [-0.15, -0.1) is 10.2 Å². The molecule has 0 saturated carbocycles. The number of nitrogens with zero attached hydrogens (tertiary/aromatic N) is 2. The Morgan fingerprint density at radius 1 is 0.931 bits per heavy atom. The summed E-state index contributed by atoms with van der Waals surface area (Å²) in [5, 5.41) is 11.1. The Morgan fingerprint density at radius 3 is 2.45 bits per heavy atom. The summed E-state index contributed by atoms with van der Waals surface area (Å²) in [6, 6.07) is 22.1. The summed E-state index contributed by atoms with van der Waals surface area (Å²) >= 11 is 0. The third-order valence-electron chi connectivity index (χ3n) is 4.52. The summed E-state index contributed by atoms with van der Waals surface area (Å²) in [6.07, 6.45) is 0. The zero-order chi connectivity index (χ0) is 20.2. The number of carbonyl (C=O) groups excluding carboxylic acids is 1. The lowest BCUT2D eigenvalue weighted by molar-refractivity contribution is 0.102. The molecule has 1 amide bonds. The molecule has 0 fully saturated rings. The SMILES string of the molecule is COc1cccc(NC(=O)c2ccc(-c3nnc(-c4ccccc4C)o3)cc2)c1. The van der Waals surface area contributed by atoms with Crippen LogP contribution in [-0.2, 0) is 0 Å². The molecule has 0 atom stereocenters. The highest BCUT2D eigenvalue weighted by Crippen LogP contribution is 2.26. The summed E-state index contributed by atoms with van der Waals surface area (Å²) < 4.78 is 11.0. The van der Waals surface area contributed by atoms with Crippen molar-refractivity contribution in [1.82, 2.24) is 10.2 Å². The lowest BCUT2D eigenvalue weighted by Gasteiger charge is -2.07. The van der Waals surface area contributed by atoms with E-state index in [9.17, 15) is 4.79 Å². The number of nitrogens with one attached hydrogen (secondary N) is 1. The van der Waals surface area contributed by atoms with Crippen LogP contribution >= 0.6 is 0 Å². The number of carbonyl (C=O) groups is 1. The average molecular weight is 385 g/mol. The van der Waals surface area contributed by atoms with E-state index in [2.05, 4.69) is 15.5 Å². The predicted molar refractivity (Wildman–Crippen MR) is 111 cm³/mol. The van der Waals surface area contributed by atoms with E-state index in [0.29, 0.717) is 28.8 Å². The number of rotatable bonds is 5. The first-order valence-electron chi connectivity index (χ1n) is 9.09. The van der Waals surface area contributed by atoms with Gasteiger partial charge in [-0.25, -0.2) is 0 Å². The summed E-state index contributed by atoms with van der Waals surface area (Å²) in [7, 11) is 1.59. The number of hydrogen-bond donors (Lipinski definition) is 1. The first-order valence-corrected chi connectivity index (χ1v) is 9.09. The number of methoxy groups -OCH3 is 1. The van der Waals surface area contributed by atoms with Gasteiger partial charge < -0.3 is 14.5 Å². The Balaban J connectivity index is 1.51. The van der Waals surface area contributed by atoms with Crippen molar-refractivity contribution in [3.63, 3.8) is 0 Å². The third-order valence-corrected chi connectivity index (χ3v) is 4.52. The topological polar surface area (TPSA) is 77.2 Å². The van der Waals surface area contributed by atoms with Crippen molar-refractivity contribution in [2.45, 2.75) is 6.92 Å². The summed E-state index contributed by atoms with van der Waals surface area (Å²) in [5.74, 6) is 1.34. The van der Waals surface area contributed by atoms with Crippen LogP contribution in [0.3, 0.4) is 0 Å². The molecule has 6 heteroatoms. The Kier molecular flexibility index (Phi) is 5.07. The van der Waals surface area contributed by atoms with Crippen molar-refractivity contribution in [3.8, 4) is 28.7 Å². The highest BCUT2D eigenvalue weighted by Gasteiger charge is 2.13. The van der Waals surface area contributed by atoms with E-state index in [1.165, 1.54) is 0 Å². The average Bonchev–Trinajstić information content (AvgIpc) is 3.24. The summed E-state index contributed by atoms with van der Waals surface area (Å²) in [4.78, 5) is 12.5. The Labute approximate surface area is 168 Å². The van der Waals surface area contributed by atoms with Crippen LogP contribution in [0, 0.1) is 6.92 Å². The highest BCUT2D eigenvalue weighted by atomic mass is 16.5. The van der Waals surface area contributed by atoms with E-state index in [1.54, 1.807) is 43.5 Å². The number of anilines is 1. The fraction of sp³-hybridized carbons (Fsp3) is 0.0870. The molecule has 0 unspecified atom stereocenters. The van der Waals surface area contributed by atoms with E-state index in [-0.39, 0.29) is 5.91 Å². The number of amides is 1. The molecule has 1 N–H and O–H groups in total. The molecule has 6 nitrogen and oxygen atoms in total. The molecule has 4 aromatic rings. The Morgan fingerprint density at radius 2 is 1.69 bits per heavy atom. The molecule has 0 saturated heterocycles. The van der Waals surface area contributed by atoms with Crippen LogP contribution in [0.15, 0.2) is 77.2 Å². The summed E-state index contributed by atoms with van der Waals surface area (Å²) in [6.45, 7) is 1.99. The van der Waals surface area contributed by atoms with Gasteiger partial charge in [0.25, 0.3) is 5.91 Å². The molecule has 0 radical (unpaired) electrons. The molecule has 0 aliphatic carbocycles. The number of aryl methyl sites for hydroxylation is 1. The number of benzene rings is 3. The van der Waals surface area contributed by atoms with E-state index >= 15 is 0 Å². The maximum atomic E-state index is 12.5. The highest BCUT2D eigenvalue weighted by molar-refractivity contribution is 6.04. The van der Waals surface area contributed by atoms with Gasteiger partial charge >= 0.3 is 0 Å². The van der Waals surface area contributed by atoms with E-state index in [0.717, 1.165) is 16.7 Å². The number of ether oxygens (including phenoxy) is 1. The minimum Gasteiger partial charge on any atom is -0.497 e. The van der Waals surface area contributed by atoms with Gasteiger partial charge in [-0.3, -0.25) is 4.79 Å². The molecule has 0 spiro atoms. The van der Waals surface area contributed by atoms with Crippen LogP contribution in [-0.4, -0.2) is 23.2 Å². The molecule has 3 aromatic carbocycles. The maximum absolute atomic E-state index is 12.5. The first-order chi connectivity index (χ1) is 14.1. The lowest BCUT2D eigenvalue weighted by atomic mass is 10.1. The zero-order valence-electron chi connectivity index (χ0n) is 16.0. The van der Waals surface area contributed by atoms with Crippen molar-refractivity contribution < 1.29 is 13.9 Å². The third kappa shape index (κ3) is 4.01. The molecule has 0 aliphatic heterocycles. The summed E-state index contributed by atoms with van der Waals surface area (Å²) in [5.41, 5.74) is 3.90. The van der Waals surface area contributed by atoms with Gasteiger partial charge in [0, 0.05) is 28.4 Å². The molecule has 0 aliphatic rings. The monoisotopic (exact) mass is 385 g/mol. The van der Waals surface area contributed by atoms with Crippen molar-refractivity contribution in [2.24, 2.45) is 0 Å². The first kappa shape index (κ1) is 18.4. The smallest absolute Gasteiger partial charge is 0.255 e. The van der Waals surface area contributed by atoms with Crippen LogP contribution in [0.2, 0.25) is 0 Å². The van der Waals surface area contributed by atoms with Crippen LogP contribution in [0.25, 0.3) is 22.9 Å². The van der Waals surface area contributed by atoms with Crippen molar-refractivity contribution in [2.75, 3.05) is 12.4 Å². The van der Waals surface area contributed by atoms with Crippen LogP contribution in [0.1, 0.15) is 15.9 Å². The minimum absolute atomic E-state index is 0.212. The Bertz CT molecular complexity index is 1150. The second kappa shape index (κ2) is 7.98. The van der Waals surface area contributed by atoms with Crippen molar-refractivity contribution >= 4 is 11.6 Å².